The van der Waals surface area contributed by atoms with Crippen molar-refractivity contribution in [2.75, 3.05) is 6.61 Å². The summed E-state index contributed by atoms with van der Waals surface area (Å²) >= 11 is 0. The van der Waals surface area contributed by atoms with Gasteiger partial charge < -0.3 is 19.9 Å². The Morgan fingerprint density at radius 2 is 2.00 bits per heavy atom. The average Bonchev–Trinajstić information content (AvgIpc) is 2.54. The van der Waals surface area contributed by atoms with Crippen LogP contribution in [-0.2, 0) is 14.3 Å². The molecule has 0 aliphatic carbocycles. The van der Waals surface area contributed by atoms with E-state index in [0.29, 0.717) is 25.2 Å². The molecule has 0 spiro atoms. The second-order valence-corrected chi connectivity index (χ2v) is 5.39. The number of carbonyl (C=O) groups excluding carboxylic acids is 1. The fraction of sp³-hybridized carbons (Fsp3) is 0.562. The first-order valence-corrected chi connectivity index (χ1v) is 7.51. The van der Waals surface area contributed by atoms with E-state index in [-0.39, 0.29) is 24.3 Å². The van der Waals surface area contributed by atoms with Crippen molar-refractivity contribution in [2.24, 2.45) is 5.73 Å². The van der Waals surface area contributed by atoms with Gasteiger partial charge in [0.25, 0.3) is 0 Å². The van der Waals surface area contributed by atoms with Gasteiger partial charge in [0.1, 0.15) is 23.7 Å². The molecule has 0 bridgehead atoms. The van der Waals surface area contributed by atoms with Gasteiger partial charge in [-0.25, -0.2) is 4.39 Å². The molecule has 7 heteroatoms. The summed E-state index contributed by atoms with van der Waals surface area (Å²) in [5.41, 5.74) is 5.74. The van der Waals surface area contributed by atoms with Gasteiger partial charge in [-0.2, -0.15) is 0 Å². The number of halogens is 2. The lowest BCUT2D eigenvalue weighted by atomic mass is 10.1. The van der Waals surface area contributed by atoms with E-state index in [2.05, 4.69) is 0 Å². The normalized spacial score (nSPS) is 28.6. The summed E-state index contributed by atoms with van der Waals surface area (Å²) in [4.78, 5) is 11.9. The first-order valence-electron chi connectivity index (χ1n) is 7.51. The number of rotatable bonds is 3. The molecule has 1 aromatic carbocycles. The van der Waals surface area contributed by atoms with Crippen molar-refractivity contribution in [3.8, 4) is 5.75 Å². The zero-order valence-electron chi connectivity index (χ0n) is 13.2. The smallest absolute Gasteiger partial charge is 0.323 e. The Labute approximate surface area is 141 Å². The van der Waals surface area contributed by atoms with E-state index >= 15 is 0 Å². The quantitative estimate of drug-likeness (QED) is 0.850. The van der Waals surface area contributed by atoms with Gasteiger partial charge in [0, 0.05) is 6.61 Å². The van der Waals surface area contributed by atoms with E-state index in [4.69, 9.17) is 19.9 Å². The number of ether oxygens (including phenoxy) is 3. The molecule has 5 nitrogen and oxygen atoms in total. The molecule has 1 aliphatic rings. The highest BCUT2D eigenvalue weighted by Gasteiger charge is 2.34. The van der Waals surface area contributed by atoms with E-state index in [1.54, 1.807) is 6.92 Å². The number of cyclic esters (lactones) is 1. The maximum absolute atomic E-state index is 13.0. The van der Waals surface area contributed by atoms with Crippen molar-refractivity contribution in [1.29, 1.82) is 0 Å². The zero-order valence-corrected chi connectivity index (χ0v) is 14.1. The summed E-state index contributed by atoms with van der Waals surface area (Å²) in [6.45, 7) is 4.08. The van der Waals surface area contributed by atoms with E-state index < -0.39 is 24.2 Å². The van der Waals surface area contributed by atoms with Gasteiger partial charge in [-0.1, -0.05) is 6.92 Å². The summed E-state index contributed by atoms with van der Waals surface area (Å²) < 4.78 is 30.1. The Balaban J connectivity index is 0.00000264. The number of nitrogens with two attached hydrogens (primary N) is 1. The van der Waals surface area contributed by atoms with Crippen LogP contribution in [0.3, 0.4) is 0 Å². The summed E-state index contributed by atoms with van der Waals surface area (Å²) in [6.07, 6.45) is -0.136. The topological polar surface area (TPSA) is 70.8 Å². The Morgan fingerprint density at radius 1 is 1.35 bits per heavy atom. The maximum Gasteiger partial charge on any atom is 0.323 e. The standard InChI is InChI=1S/C16H22FNO4.ClH/c1-3-14-15(22-12-6-4-11(17)5-7-12)10(2)21-16(19)13(18)8-9-20-14;/h4-7,10,13-15H,3,8-9,18H2,1-2H3;1H/t10-,13-,14+,15-;/m0./s1. The monoisotopic (exact) mass is 347 g/mol. The third-order valence-corrected chi connectivity index (χ3v) is 3.68. The van der Waals surface area contributed by atoms with Crippen LogP contribution >= 0.6 is 12.4 Å². The Hall–Kier alpha value is -1.37. The molecular formula is C16H23ClFNO4. The Kier molecular flexibility index (Phi) is 7.75. The van der Waals surface area contributed by atoms with Gasteiger partial charge in [0.2, 0.25) is 0 Å². The maximum atomic E-state index is 13.0. The molecule has 1 aliphatic heterocycles. The van der Waals surface area contributed by atoms with Crippen LogP contribution in [0.15, 0.2) is 24.3 Å². The molecule has 4 atom stereocenters. The Morgan fingerprint density at radius 3 is 2.61 bits per heavy atom. The van der Waals surface area contributed by atoms with E-state index in [0.717, 1.165) is 0 Å². The SMILES string of the molecule is CC[C@H]1OCC[C@H](N)C(=O)O[C@@H](C)[C@@H]1Oc1ccc(F)cc1.Cl. The van der Waals surface area contributed by atoms with E-state index in [1.165, 1.54) is 24.3 Å². The van der Waals surface area contributed by atoms with Crippen molar-refractivity contribution in [3.63, 3.8) is 0 Å². The lowest BCUT2D eigenvalue weighted by Gasteiger charge is -2.30. The van der Waals surface area contributed by atoms with Gasteiger partial charge in [-0.15, -0.1) is 12.4 Å². The van der Waals surface area contributed by atoms with Crippen LogP contribution in [0.5, 0.6) is 5.75 Å². The highest BCUT2D eigenvalue weighted by Crippen LogP contribution is 2.22. The summed E-state index contributed by atoms with van der Waals surface area (Å²) in [6, 6.07) is 5.02. The molecule has 0 aromatic heterocycles. The van der Waals surface area contributed by atoms with Gasteiger partial charge in [-0.05, 0) is 44.0 Å². The molecule has 1 heterocycles. The van der Waals surface area contributed by atoms with Gasteiger partial charge in [0.05, 0.1) is 6.10 Å². The molecule has 1 aromatic rings. The summed E-state index contributed by atoms with van der Waals surface area (Å²) in [7, 11) is 0. The van der Waals surface area contributed by atoms with Crippen molar-refractivity contribution in [3.05, 3.63) is 30.1 Å². The summed E-state index contributed by atoms with van der Waals surface area (Å²) in [5.74, 6) is -0.295. The molecule has 0 radical (unpaired) electrons. The molecule has 0 unspecified atom stereocenters. The molecule has 1 saturated heterocycles. The second-order valence-electron chi connectivity index (χ2n) is 5.39. The fourth-order valence-corrected chi connectivity index (χ4v) is 2.39. The molecule has 130 valence electrons. The van der Waals surface area contributed by atoms with Crippen LogP contribution in [0.25, 0.3) is 0 Å². The van der Waals surface area contributed by atoms with Crippen molar-refractivity contribution in [2.45, 2.75) is 51.0 Å². The van der Waals surface area contributed by atoms with Crippen LogP contribution in [0.2, 0.25) is 0 Å². The van der Waals surface area contributed by atoms with Crippen molar-refractivity contribution >= 4 is 18.4 Å². The molecule has 0 amide bonds. The van der Waals surface area contributed by atoms with Crippen LogP contribution in [0, 0.1) is 5.82 Å². The van der Waals surface area contributed by atoms with Crippen LogP contribution < -0.4 is 10.5 Å². The molecule has 0 saturated carbocycles. The number of benzene rings is 1. The second kappa shape index (κ2) is 9.05. The number of hydrogen-bond donors (Lipinski definition) is 1. The zero-order chi connectivity index (χ0) is 16.1. The molecule has 2 N–H and O–H groups in total. The van der Waals surface area contributed by atoms with Gasteiger partial charge in [0.15, 0.2) is 6.10 Å². The molecule has 2 rings (SSSR count). The third kappa shape index (κ3) is 5.34. The van der Waals surface area contributed by atoms with Crippen LogP contribution in [0.1, 0.15) is 26.7 Å². The summed E-state index contributed by atoms with van der Waals surface area (Å²) in [5, 5.41) is 0. The van der Waals surface area contributed by atoms with Crippen molar-refractivity contribution in [1.82, 2.24) is 0 Å². The first-order chi connectivity index (χ1) is 10.5. The fourth-order valence-electron chi connectivity index (χ4n) is 2.39. The van der Waals surface area contributed by atoms with Crippen LogP contribution in [-0.4, -0.2) is 36.9 Å². The third-order valence-electron chi connectivity index (χ3n) is 3.68. The lowest BCUT2D eigenvalue weighted by Crippen LogP contribution is -2.44. The molecule has 23 heavy (non-hydrogen) atoms. The van der Waals surface area contributed by atoms with Gasteiger partial charge in [-0.3, -0.25) is 4.79 Å². The largest absolute Gasteiger partial charge is 0.484 e. The van der Waals surface area contributed by atoms with E-state index in [9.17, 15) is 9.18 Å². The molecular weight excluding hydrogens is 325 g/mol. The van der Waals surface area contributed by atoms with Crippen molar-refractivity contribution < 1.29 is 23.4 Å². The average molecular weight is 348 g/mol. The minimum Gasteiger partial charge on any atom is -0.484 e. The number of hydrogen-bond acceptors (Lipinski definition) is 5. The van der Waals surface area contributed by atoms with E-state index in [1.807, 2.05) is 6.92 Å². The minimum absolute atomic E-state index is 0. The number of esters is 1. The Bertz CT molecular complexity index is 499. The highest BCUT2D eigenvalue weighted by atomic mass is 35.5. The van der Waals surface area contributed by atoms with Gasteiger partial charge >= 0.3 is 5.97 Å². The first kappa shape index (κ1) is 19.7. The predicted octanol–water partition coefficient (Wildman–Crippen LogP) is 2.45. The number of carbonyl (C=O) groups is 1. The van der Waals surface area contributed by atoms with Crippen LogP contribution in [0.4, 0.5) is 4.39 Å². The predicted molar refractivity (Wildman–Crippen MR) is 86.2 cm³/mol. The minimum atomic E-state index is -0.690. The highest BCUT2D eigenvalue weighted by molar-refractivity contribution is 5.85. The lowest BCUT2D eigenvalue weighted by molar-refractivity contribution is -0.156. The molecule has 1 fully saturated rings.